The lowest BCUT2D eigenvalue weighted by molar-refractivity contribution is -0.157. The van der Waals surface area contributed by atoms with Crippen LogP contribution < -0.4 is 5.32 Å². The molecule has 1 aliphatic carbocycles. The highest BCUT2D eigenvalue weighted by molar-refractivity contribution is 6.31. The number of carbonyl (C=O) groups is 2. The number of amides is 2. The van der Waals surface area contributed by atoms with Crippen LogP contribution >= 0.6 is 11.6 Å². The third-order valence-electron chi connectivity index (χ3n) is 4.61. The van der Waals surface area contributed by atoms with Crippen LogP contribution in [-0.2, 0) is 16.1 Å². The average molecular weight is 307 g/mol. The molecule has 0 atom stereocenters. The molecule has 1 aromatic carbocycles. The number of rotatable bonds is 2. The average Bonchev–Trinajstić information content (AvgIpc) is 2.51. The molecule has 0 aromatic heterocycles. The van der Waals surface area contributed by atoms with Gasteiger partial charge in [0.1, 0.15) is 5.54 Å². The Balaban J connectivity index is 1.93. The summed E-state index contributed by atoms with van der Waals surface area (Å²) in [6.07, 6.45) is 4.59. The van der Waals surface area contributed by atoms with Gasteiger partial charge < -0.3 is 10.2 Å². The van der Waals surface area contributed by atoms with Crippen molar-refractivity contribution in [1.29, 1.82) is 0 Å². The zero-order chi connectivity index (χ0) is 14.9. The number of nitrogens with zero attached hydrogens (tertiary/aromatic N) is 1. The molecule has 21 heavy (non-hydrogen) atoms. The van der Waals surface area contributed by atoms with E-state index in [1.807, 2.05) is 24.3 Å². The molecule has 1 aromatic rings. The summed E-state index contributed by atoms with van der Waals surface area (Å²) in [5.41, 5.74) is 0.222. The first kappa shape index (κ1) is 14.4. The molecule has 0 radical (unpaired) electrons. The Morgan fingerprint density at radius 1 is 1.14 bits per heavy atom. The summed E-state index contributed by atoms with van der Waals surface area (Å²) in [5.74, 6) is -0.0229. The Morgan fingerprint density at radius 3 is 2.57 bits per heavy atom. The van der Waals surface area contributed by atoms with Crippen molar-refractivity contribution in [2.75, 3.05) is 6.54 Å². The van der Waals surface area contributed by atoms with Gasteiger partial charge in [-0.15, -0.1) is 0 Å². The van der Waals surface area contributed by atoms with Crippen molar-refractivity contribution >= 4 is 23.4 Å². The highest BCUT2D eigenvalue weighted by Gasteiger charge is 2.49. The number of benzene rings is 1. The largest absolute Gasteiger partial charge is 0.345 e. The van der Waals surface area contributed by atoms with E-state index < -0.39 is 5.54 Å². The molecule has 1 N–H and O–H groups in total. The minimum Gasteiger partial charge on any atom is -0.345 e. The fourth-order valence-corrected chi connectivity index (χ4v) is 3.64. The first-order chi connectivity index (χ1) is 10.1. The van der Waals surface area contributed by atoms with Crippen LogP contribution in [0.1, 0.15) is 37.7 Å². The van der Waals surface area contributed by atoms with E-state index in [0.717, 1.165) is 37.7 Å². The van der Waals surface area contributed by atoms with E-state index in [9.17, 15) is 9.59 Å². The monoisotopic (exact) mass is 306 g/mol. The predicted molar refractivity (Wildman–Crippen MR) is 80.8 cm³/mol. The zero-order valence-electron chi connectivity index (χ0n) is 11.9. The molecule has 2 fully saturated rings. The van der Waals surface area contributed by atoms with Gasteiger partial charge in [-0.3, -0.25) is 9.59 Å². The van der Waals surface area contributed by atoms with Crippen LogP contribution in [0.4, 0.5) is 0 Å². The Morgan fingerprint density at radius 2 is 1.86 bits per heavy atom. The quantitative estimate of drug-likeness (QED) is 0.912. The van der Waals surface area contributed by atoms with Crippen LogP contribution in [0.25, 0.3) is 0 Å². The number of hydrogen-bond acceptors (Lipinski definition) is 2. The van der Waals surface area contributed by atoms with E-state index >= 15 is 0 Å². The maximum atomic E-state index is 12.5. The van der Waals surface area contributed by atoms with Crippen LogP contribution in [0.3, 0.4) is 0 Å². The van der Waals surface area contributed by atoms with Gasteiger partial charge in [-0.2, -0.15) is 0 Å². The second-order valence-corrected chi connectivity index (χ2v) is 6.25. The van der Waals surface area contributed by atoms with Crippen molar-refractivity contribution in [3.63, 3.8) is 0 Å². The van der Waals surface area contributed by atoms with E-state index in [2.05, 4.69) is 5.32 Å². The summed E-state index contributed by atoms with van der Waals surface area (Å²) in [6, 6.07) is 7.51. The van der Waals surface area contributed by atoms with E-state index in [1.165, 1.54) is 0 Å². The summed E-state index contributed by atoms with van der Waals surface area (Å²) < 4.78 is 0. The van der Waals surface area contributed by atoms with E-state index in [-0.39, 0.29) is 18.4 Å². The molecule has 0 unspecified atom stereocenters. The number of nitrogens with one attached hydrogen (secondary N) is 1. The lowest BCUT2D eigenvalue weighted by atomic mass is 9.78. The number of hydrogen-bond donors (Lipinski definition) is 1. The van der Waals surface area contributed by atoms with Crippen molar-refractivity contribution in [3.8, 4) is 0 Å². The maximum absolute atomic E-state index is 12.5. The molecule has 2 aliphatic rings. The van der Waals surface area contributed by atoms with Gasteiger partial charge in [0.15, 0.2) is 0 Å². The zero-order valence-corrected chi connectivity index (χ0v) is 12.7. The molecule has 1 spiro atoms. The first-order valence-corrected chi connectivity index (χ1v) is 7.83. The van der Waals surface area contributed by atoms with Crippen LogP contribution in [-0.4, -0.2) is 28.8 Å². The Hall–Kier alpha value is -1.55. The van der Waals surface area contributed by atoms with Crippen molar-refractivity contribution in [2.45, 2.75) is 44.2 Å². The number of halogens is 1. The molecule has 0 bridgehead atoms. The molecule has 1 heterocycles. The van der Waals surface area contributed by atoms with E-state index in [1.54, 1.807) is 4.90 Å². The maximum Gasteiger partial charge on any atom is 0.246 e. The van der Waals surface area contributed by atoms with E-state index in [0.29, 0.717) is 11.6 Å². The van der Waals surface area contributed by atoms with Crippen molar-refractivity contribution < 1.29 is 9.59 Å². The molecule has 1 saturated heterocycles. The Labute approximate surface area is 129 Å². The molecule has 2 amide bonds. The van der Waals surface area contributed by atoms with Gasteiger partial charge in [-0.1, -0.05) is 49.1 Å². The standard InChI is InChI=1S/C16H19ClN2O2/c17-13-7-3-2-6-12(13)11-19-14(20)10-18-15(21)16(19)8-4-1-5-9-16/h2-3,6-7H,1,4-5,8-11H2,(H,18,21). The predicted octanol–water partition coefficient (Wildman–Crippen LogP) is 2.50. The molecule has 5 heteroatoms. The van der Waals surface area contributed by atoms with Crippen LogP contribution in [0.15, 0.2) is 24.3 Å². The van der Waals surface area contributed by atoms with Crippen LogP contribution in [0.2, 0.25) is 5.02 Å². The summed E-state index contributed by atoms with van der Waals surface area (Å²) in [5, 5.41) is 3.40. The molecule has 1 saturated carbocycles. The van der Waals surface area contributed by atoms with Gasteiger partial charge in [0.05, 0.1) is 6.54 Å². The van der Waals surface area contributed by atoms with Crippen LogP contribution in [0, 0.1) is 0 Å². The molecular formula is C16H19ClN2O2. The smallest absolute Gasteiger partial charge is 0.246 e. The molecule has 1 aliphatic heterocycles. The topological polar surface area (TPSA) is 49.4 Å². The van der Waals surface area contributed by atoms with E-state index in [4.69, 9.17) is 11.6 Å². The van der Waals surface area contributed by atoms with Gasteiger partial charge >= 0.3 is 0 Å². The number of piperazine rings is 1. The van der Waals surface area contributed by atoms with Gasteiger partial charge in [0, 0.05) is 11.6 Å². The molecular weight excluding hydrogens is 288 g/mol. The second-order valence-electron chi connectivity index (χ2n) is 5.85. The molecule has 4 nitrogen and oxygen atoms in total. The summed E-state index contributed by atoms with van der Waals surface area (Å²) in [4.78, 5) is 26.6. The summed E-state index contributed by atoms with van der Waals surface area (Å²) in [6.45, 7) is 0.497. The van der Waals surface area contributed by atoms with Crippen LogP contribution in [0.5, 0.6) is 0 Å². The van der Waals surface area contributed by atoms with Gasteiger partial charge in [-0.05, 0) is 24.5 Å². The van der Waals surface area contributed by atoms with Gasteiger partial charge in [-0.25, -0.2) is 0 Å². The normalized spacial score (nSPS) is 21.5. The second kappa shape index (κ2) is 5.68. The Bertz CT molecular complexity index is 567. The fourth-order valence-electron chi connectivity index (χ4n) is 3.45. The first-order valence-electron chi connectivity index (χ1n) is 7.46. The van der Waals surface area contributed by atoms with Crippen molar-refractivity contribution in [2.24, 2.45) is 0 Å². The lowest BCUT2D eigenvalue weighted by Gasteiger charge is -2.48. The minimum atomic E-state index is -0.674. The van der Waals surface area contributed by atoms with Gasteiger partial charge in [0.2, 0.25) is 11.8 Å². The highest BCUT2D eigenvalue weighted by Crippen LogP contribution is 2.37. The lowest BCUT2D eigenvalue weighted by Crippen LogP contribution is -2.67. The summed E-state index contributed by atoms with van der Waals surface area (Å²) >= 11 is 6.22. The fraction of sp³-hybridized carbons (Fsp3) is 0.500. The Kier molecular flexibility index (Phi) is 3.89. The highest BCUT2D eigenvalue weighted by atomic mass is 35.5. The third-order valence-corrected chi connectivity index (χ3v) is 4.98. The molecule has 112 valence electrons. The third kappa shape index (κ3) is 2.53. The van der Waals surface area contributed by atoms with Gasteiger partial charge in [0.25, 0.3) is 0 Å². The summed E-state index contributed by atoms with van der Waals surface area (Å²) in [7, 11) is 0. The molecule has 3 rings (SSSR count). The van der Waals surface area contributed by atoms with Crippen molar-refractivity contribution in [1.82, 2.24) is 10.2 Å². The SMILES string of the molecule is O=C1CNC(=O)C2(CCCCC2)N1Cc1ccccc1Cl. The van der Waals surface area contributed by atoms with Crippen molar-refractivity contribution in [3.05, 3.63) is 34.9 Å². The number of carbonyl (C=O) groups excluding carboxylic acids is 2. The minimum absolute atomic E-state index is 0.00569.